The summed E-state index contributed by atoms with van der Waals surface area (Å²) in [5.74, 6) is 1.56. The number of benzene rings is 1. The summed E-state index contributed by atoms with van der Waals surface area (Å²) >= 11 is 5.40. The zero-order chi connectivity index (χ0) is 15.2. The Morgan fingerprint density at radius 3 is 2.38 bits per heavy atom. The molecule has 0 bridgehead atoms. The largest absolute Gasteiger partial charge is 0.490 e. The molecule has 1 heterocycles. The van der Waals surface area contributed by atoms with Gasteiger partial charge in [-0.15, -0.1) is 11.3 Å². The summed E-state index contributed by atoms with van der Waals surface area (Å²) in [6.07, 6.45) is 0. The highest BCUT2D eigenvalue weighted by Crippen LogP contribution is 2.39. The van der Waals surface area contributed by atoms with Crippen LogP contribution in [0.4, 0.5) is 0 Å². The number of nitrogens with one attached hydrogen (secondary N) is 1. The van der Waals surface area contributed by atoms with Crippen molar-refractivity contribution in [1.29, 1.82) is 0 Å². The highest BCUT2D eigenvalue weighted by Gasteiger charge is 2.19. The topological polar surface area (TPSA) is 30.5 Å². The lowest BCUT2D eigenvalue weighted by molar-refractivity contribution is 0.287. The molecule has 1 unspecified atom stereocenters. The maximum atomic E-state index is 5.73. The quantitative estimate of drug-likeness (QED) is 0.772. The van der Waals surface area contributed by atoms with E-state index in [1.165, 1.54) is 4.88 Å². The van der Waals surface area contributed by atoms with Crippen LogP contribution in [-0.2, 0) is 0 Å². The van der Waals surface area contributed by atoms with Crippen LogP contribution in [0, 0.1) is 0 Å². The van der Waals surface area contributed by atoms with Gasteiger partial charge in [0.15, 0.2) is 11.5 Å². The molecule has 1 N–H and O–H groups in total. The van der Waals surface area contributed by atoms with Crippen LogP contribution in [-0.4, -0.2) is 20.3 Å². The molecule has 21 heavy (non-hydrogen) atoms. The molecule has 1 aromatic carbocycles. The summed E-state index contributed by atoms with van der Waals surface area (Å²) in [5.41, 5.74) is 1.15. The Morgan fingerprint density at radius 2 is 1.86 bits per heavy atom. The molecule has 0 radical (unpaired) electrons. The zero-order valence-electron chi connectivity index (χ0n) is 12.5. The van der Waals surface area contributed by atoms with E-state index in [0.717, 1.165) is 21.5 Å². The molecule has 3 nitrogen and oxygen atoms in total. The van der Waals surface area contributed by atoms with Crippen LogP contribution in [0.1, 0.15) is 30.3 Å². The van der Waals surface area contributed by atoms with Crippen molar-refractivity contribution in [1.82, 2.24) is 5.32 Å². The van der Waals surface area contributed by atoms with Gasteiger partial charge < -0.3 is 14.8 Å². The molecule has 0 fully saturated rings. The fourth-order valence-corrected chi connectivity index (χ4v) is 3.62. The van der Waals surface area contributed by atoms with Crippen molar-refractivity contribution in [3.05, 3.63) is 44.6 Å². The monoisotopic (exact) mass is 369 g/mol. The Bertz CT molecular complexity index is 572. The van der Waals surface area contributed by atoms with E-state index in [-0.39, 0.29) is 6.04 Å². The average molecular weight is 370 g/mol. The fraction of sp³-hybridized carbons (Fsp3) is 0.375. The second kappa shape index (κ2) is 7.82. The Labute approximate surface area is 138 Å². The first-order valence-electron chi connectivity index (χ1n) is 7.00. The molecule has 0 spiro atoms. The van der Waals surface area contributed by atoms with Crippen molar-refractivity contribution in [2.45, 2.75) is 19.9 Å². The first-order valence-corrected chi connectivity index (χ1v) is 8.68. The highest BCUT2D eigenvalue weighted by molar-refractivity contribution is 9.10. The summed E-state index contributed by atoms with van der Waals surface area (Å²) in [7, 11) is 1.97. The van der Waals surface area contributed by atoms with E-state index in [1.54, 1.807) is 11.3 Å². The summed E-state index contributed by atoms with van der Waals surface area (Å²) in [6, 6.07) is 8.38. The number of halogens is 1. The fourth-order valence-electron chi connectivity index (χ4n) is 2.22. The van der Waals surface area contributed by atoms with E-state index in [9.17, 15) is 0 Å². The van der Waals surface area contributed by atoms with Crippen LogP contribution in [0.15, 0.2) is 34.1 Å². The summed E-state index contributed by atoms with van der Waals surface area (Å²) in [4.78, 5) is 1.27. The SMILES string of the molecule is CCOc1cc(Br)c(C(NC)c2cccs2)cc1OCC. The number of rotatable bonds is 7. The van der Waals surface area contributed by atoms with E-state index >= 15 is 0 Å². The van der Waals surface area contributed by atoms with Gasteiger partial charge in [0.05, 0.1) is 19.3 Å². The Balaban J connectivity index is 2.45. The van der Waals surface area contributed by atoms with Gasteiger partial charge in [0.1, 0.15) is 0 Å². The minimum absolute atomic E-state index is 0.134. The molecule has 114 valence electrons. The van der Waals surface area contributed by atoms with Crippen LogP contribution in [0.25, 0.3) is 0 Å². The standard InChI is InChI=1S/C16H20BrNO2S/c1-4-19-13-9-11(12(17)10-14(13)20-5-2)16(18-3)15-7-6-8-21-15/h6-10,16,18H,4-5H2,1-3H3. The number of hydrogen-bond donors (Lipinski definition) is 1. The van der Waals surface area contributed by atoms with Crippen molar-refractivity contribution in [2.24, 2.45) is 0 Å². The van der Waals surface area contributed by atoms with Crippen molar-refractivity contribution in [3.8, 4) is 11.5 Å². The molecule has 2 rings (SSSR count). The predicted molar refractivity (Wildman–Crippen MR) is 91.7 cm³/mol. The van der Waals surface area contributed by atoms with Crippen LogP contribution in [0.3, 0.4) is 0 Å². The molecule has 0 saturated carbocycles. The van der Waals surface area contributed by atoms with Gasteiger partial charge in [-0.3, -0.25) is 0 Å². The van der Waals surface area contributed by atoms with E-state index in [1.807, 2.05) is 27.0 Å². The van der Waals surface area contributed by atoms with Gasteiger partial charge in [-0.1, -0.05) is 22.0 Å². The highest BCUT2D eigenvalue weighted by atomic mass is 79.9. The molecular weight excluding hydrogens is 350 g/mol. The van der Waals surface area contributed by atoms with Crippen molar-refractivity contribution in [2.75, 3.05) is 20.3 Å². The second-order valence-corrected chi connectivity index (χ2v) is 6.26. The molecule has 2 aromatic rings. The van der Waals surface area contributed by atoms with E-state index in [0.29, 0.717) is 13.2 Å². The van der Waals surface area contributed by atoms with E-state index in [4.69, 9.17) is 9.47 Å². The molecule has 1 atom stereocenters. The minimum Gasteiger partial charge on any atom is -0.490 e. The van der Waals surface area contributed by atoms with Crippen LogP contribution in [0.5, 0.6) is 11.5 Å². The summed E-state index contributed by atoms with van der Waals surface area (Å²) in [5, 5.41) is 5.46. The molecule has 1 aromatic heterocycles. The van der Waals surface area contributed by atoms with E-state index < -0.39 is 0 Å². The minimum atomic E-state index is 0.134. The lowest BCUT2D eigenvalue weighted by Crippen LogP contribution is -2.17. The predicted octanol–water partition coefficient (Wildman–Crippen LogP) is 4.62. The number of ether oxygens (including phenoxy) is 2. The van der Waals surface area contributed by atoms with Gasteiger partial charge in [0, 0.05) is 9.35 Å². The molecule has 0 amide bonds. The van der Waals surface area contributed by atoms with Crippen LogP contribution < -0.4 is 14.8 Å². The first-order chi connectivity index (χ1) is 10.2. The number of thiophene rings is 1. The lowest BCUT2D eigenvalue weighted by atomic mass is 10.0. The first kappa shape index (κ1) is 16.3. The Kier molecular flexibility index (Phi) is 6.08. The van der Waals surface area contributed by atoms with Crippen LogP contribution in [0.2, 0.25) is 0 Å². The Morgan fingerprint density at radius 1 is 1.19 bits per heavy atom. The maximum absolute atomic E-state index is 5.73. The van der Waals surface area contributed by atoms with Gasteiger partial charge in [0.2, 0.25) is 0 Å². The van der Waals surface area contributed by atoms with Gasteiger partial charge >= 0.3 is 0 Å². The smallest absolute Gasteiger partial charge is 0.162 e. The van der Waals surface area contributed by atoms with Gasteiger partial charge in [-0.25, -0.2) is 0 Å². The Hall–Kier alpha value is -1.04. The van der Waals surface area contributed by atoms with Crippen molar-refractivity contribution >= 4 is 27.3 Å². The van der Waals surface area contributed by atoms with Gasteiger partial charge in [0.25, 0.3) is 0 Å². The van der Waals surface area contributed by atoms with Gasteiger partial charge in [-0.2, -0.15) is 0 Å². The third kappa shape index (κ3) is 3.78. The zero-order valence-corrected chi connectivity index (χ0v) is 14.9. The van der Waals surface area contributed by atoms with E-state index in [2.05, 4.69) is 44.8 Å². The molecule has 0 aliphatic rings. The molecular formula is C16H20BrNO2S. The lowest BCUT2D eigenvalue weighted by Gasteiger charge is -2.20. The van der Waals surface area contributed by atoms with Crippen molar-refractivity contribution in [3.63, 3.8) is 0 Å². The summed E-state index contributed by atoms with van der Waals surface area (Å²) < 4.78 is 12.4. The summed E-state index contributed by atoms with van der Waals surface area (Å²) in [6.45, 7) is 5.18. The molecule has 0 aliphatic heterocycles. The average Bonchev–Trinajstić information content (AvgIpc) is 2.98. The third-order valence-corrected chi connectivity index (χ3v) is 4.71. The second-order valence-electron chi connectivity index (χ2n) is 4.42. The normalized spacial score (nSPS) is 12.2. The maximum Gasteiger partial charge on any atom is 0.162 e. The van der Waals surface area contributed by atoms with Crippen molar-refractivity contribution < 1.29 is 9.47 Å². The van der Waals surface area contributed by atoms with Gasteiger partial charge in [-0.05, 0) is 50.0 Å². The molecule has 0 saturated heterocycles. The number of hydrogen-bond acceptors (Lipinski definition) is 4. The van der Waals surface area contributed by atoms with Crippen LogP contribution >= 0.6 is 27.3 Å². The molecule has 5 heteroatoms. The third-order valence-electron chi connectivity index (χ3n) is 3.09. The molecule has 0 aliphatic carbocycles.